The second-order valence-corrected chi connectivity index (χ2v) is 12.2. The molecule has 18 nitrogen and oxygen atoms in total. The predicted octanol–water partition coefficient (Wildman–Crippen LogP) is -0.106. The average molecular weight is 743 g/mol. The van der Waals surface area contributed by atoms with Crippen LogP contribution in [0, 0.1) is 0 Å². The van der Waals surface area contributed by atoms with Crippen molar-refractivity contribution in [3.63, 3.8) is 0 Å². The predicted molar refractivity (Wildman–Crippen MR) is 177 cm³/mol. The Labute approximate surface area is 297 Å². The van der Waals surface area contributed by atoms with Crippen LogP contribution in [-0.2, 0) is 23.7 Å². The van der Waals surface area contributed by atoms with E-state index in [-0.39, 0.29) is 16.9 Å². The van der Waals surface area contributed by atoms with Gasteiger partial charge >= 0.3 is 5.97 Å². The zero-order chi connectivity index (χ0) is 38.1. The third-order valence-electron chi connectivity index (χ3n) is 8.47. The summed E-state index contributed by atoms with van der Waals surface area (Å²) in [6.07, 6.45) is -13.4. The van der Waals surface area contributed by atoms with Gasteiger partial charge in [0.05, 0.1) is 13.2 Å². The molecule has 9 atom stereocenters. The molecule has 53 heavy (non-hydrogen) atoms. The number of hydrogen-bond acceptors (Lipinski definition) is 18. The van der Waals surface area contributed by atoms with Gasteiger partial charge in [-0.05, 0) is 42.0 Å². The molecule has 0 spiro atoms. The van der Waals surface area contributed by atoms with Crippen molar-refractivity contribution < 1.29 is 84.0 Å². The molecule has 0 aliphatic carbocycles. The minimum absolute atomic E-state index is 0.0248. The molecule has 2 aliphatic rings. The summed E-state index contributed by atoms with van der Waals surface area (Å²) in [6, 6.07) is 10.9. The van der Waals surface area contributed by atoms with Crippen LogP contribution in [-0.4, -0.2) is 126 Å². The highest BCUT2D eigenvalue weighted by Gasteiger charge is 2.49. The molecule has 3 aromatic carbocycles. The highest BCUT2D eigenvalue weighted by Crippen LogP contribution is 2.40. The number of phenolic OH excluding ortho intramolecular Hbond substituents is 5. The van der Waals surface area contributed by atoms with Crippen LogP contribution in [0.3, 0.4) is 0 Å². The van der Waals surface area contributed by atoms with Gasteiger partial charge in [-0.2, -0.15) is 0 Å². The monoisotopic (exact) mass is 742 g/mol. The first-order valence-electron chi connectivity index (χ1n) is 15.9. The number of carbonyl (C=O) groups is 1. The smallest absolute Gasteiger partial charge is 0.331 e. The Hall–Kier alpha value is -5.44. The Balaban J connectivity index is 1.37. The van der Waals surface area contributed by atoms with E-state index >= 15 is 0 Å². The molecule has 0 bridgehead atoms. The van der Waals surface area contributed by atoms with Gasteiger partial charge in [0, 0.05) is 23.8 Å². The van der Waals surface area contributed by atoms with Crippen molar-refractivity contribution in [3.8, 4) is 45.8 Å². The van der Waals surface area contributed by atoms with E-state index in [4.69, 9.17) is 28.1 Å². The summed E-state index contributed by atoms with van der Waals surface area (Å²) in [4.78, 5) is 27.0. The quantitative estimate of drug-likeness (QED) is 0.0608. The lowest BCUT2D eigenvalue weighted by molar-refractivity contribution is -0.308. The van der Waals surface area contributed by atoms with Crippen LogP contribution >= 0.6 is 0 Å². The number of aliphatic hydroxyl groups excluding tert-OH is 5. The third-order valence-corrected chi connectivity index (χ3v) is 8.47. The molecule has 2 fully saturated rings. The van der Waals surface area contributed by atoms with Crippen molar-refractivity contribution in [2.75, 3.05) is 13.2 Å². The molecule has 2 saturated heterocycles. The first-order valence-corrected chi connectivity index (χ1v) is 15.9. The van der Waals surface area contributed by atoms with Crippen LogP contribution in [0.15, 0.2) is 69.9 Å². The topological polar surface area (TPSA) is 296 Å². The first-order chi connectivity index (χ1) is 25.2. The van der Waals surface area contributed by atoms with Gasteiger partial charge in [-0.25, -0.2) is 4.79 Å². The van der Waals surface area contributed by atoms with Crippen molar-refractivity contribution in [1.29, 1.82) is 0 Å². The van der Waals surface area contributed by atoms with Crippen LogP contribution in [0.4, 0.5) is 0 Å². The van der Waals surface area contributed by atoms with E-state index in [1.165, 1.54) is 36.4 Å². The minimum atomic E-state index is -2.02. The van der Waals surface area contributed by atoms with E-state index in [2.05, 4.69) is 0 Å². The summed E-state index contributed by atoms with van der Waals surface area (Å²) in [6.45, 7) is -1.09. The molecule has 2 aliphatic heterocycles. The fourth-order valence-electron chi connectivity index (χ4n) is 5.65. The molecule has 10 N–H and O–H groups in total. The van der Waals surface area contributed by atoms with Gasteiger partial charge in [0.2, 0.25) is 17.5 Å². The molecular weight excluding hydrogens is 708 g/mol. The van der Waals surface area contributed by atoms with E-state index in [9.17, 15) is 60.7 Å². The largest absolute Gasteiger partial charge is 0.508 e. The van der Waals surface area contributed by atoms with Gasteiger partial charge in [0.1, 0.15) is 64.8 Å². The van der Waals surface area contributed by atoms with E-state index in [0.717, 1.165) is 30.3 Å². The van der Waals surface area contributed by atoms with Crippen LogP contribution < -0.4 is 10.2 Å². The van der Waals surface area contributed by atoms with Crippen LogP contribution in [0.2, 0.25) is 0 Å². The number of fused-ring (bicyclic) bond motifs is 1. The lowest BCUT2D eigenvalue weighted by atomic mass is 9.98. The van der Waals surface area contributed by atoms with Crippen molar-refractivity contribution in [3.05, 3.63) is 76.5 Å². The maximum absolute atomic E-state index is 14.0. The molecule has 3 heterocycles. The van der Waals surface area contributed by atoms with Crippen LogP contribution in [0.25, 0.3) is 28.4 Å². The number of phenols is 5. The summed E-state index contributed by atoms with van der Waals surface area (Å²) in [5, 5.41) is 102. The number of hydrogen-bond donors (Lipinski definition) is 10. The van der Waals surface area contributed by atoms with Gasteiger partial charge in [-0.15, -0.1) is 0 Å². The molecule has 4 aromatic rings. The van der Waals surface area contributed by atoms with Crippen LogP contribution in [0.1, 0.15) is 5.56 Å². The molecule has 6 rings (SSSR count). The van der Waals surface area contributed by atoms with Crippen LogP contribution in [0.5, 0.6) is 34.5 Å². The summed E-state index contributed by atoms with van der Waals surface area (Å²) >= 11 is 0. The number of benzene rings is 3. The number of aliphatic hydroxyl groups is 5. The fraction of sp³-hybridized carbons (Fsp3) is 0.314. The molecular formula is C35H34O18. The summed E-state index contributed by atoms with van der Waals surface area (Å²) in [5.41, 5.74) is -1.03. The highest BCUT2D eigenvalue weighted by molar-refractivity contribution is 5.89. The second kappa shape index (κ2) is 15.3. The lowest BCUT2D eigenvalue weighted by Crippen LogP contribution is -2.62. The van der Waals surface area contributed by atoms with Crippen molar-refractivity contribution >= 4 is 23.0 Å². The van der Waals surface area contributed by atoms with Gasteiger partial charge in [-0.1, -0.05) is 12.1 Å². The average Bonchev–Trinajstić information content (AvgIpc) is 3.12. The number of aromatic hydroxyl groups is 5. The van der Waals surface area contributed by atoms with Gasteiger partial charge in [-0.3, -0.25) is 4.79 Å². The Bertz CT molecular complexity index is 2040. The number of esters is 1. The van der Waals surface area contributed by atoms with Crippen molar-refractivity contribution in [2.24, 2.45) is 0 Å². The Kier molecular flexibility index (Phi) is 10.8. The standard InChI is InChI=1S/C35H34O18/c36-16-5-1-14(2-6-16)3-8-24(42)52-33-29(46)27(44)23(13-49-34-30(47)26(43)21(41)12-48-34)51-35(33)53-32-28(45)25-20(40)10-17(37)11-22(25)50-31(32)15-4-7-18(38)19(39)9-15/h1-11,21,23,26-27,29-30,33-41,43-44,46-47H,12-13H2/b8-3+/t21?,23?,26-,27+,29-,30?,33?,34-,35-/m0/s1. The van der Waals surface area contributed by atoms with Crippen molar-refractivity contribution in [1.82, 2.24) is 0 Å². The number of rotatable bonds is 9. The lowest BCUT2D eigenvalue weighted by Gasteiger charge is -2.42. The Morgan fingerprint density at radius 2 is 1.53 bits per heavy atom. The molecule has 1 aromatic heterocycles. The first kappa shape index (κ1) is 37.3. The van der Waals surface area contributed by atoms with Crippen molar-refractivity contribution in [2.45, 2.75) is 55.3 Å². The zero-order valence-corrected chi connectivity index (χ0v) is 27.2. The molecule has 0 saturated carbocycles. The van der Waals surface area contributed by atoms with E-state index in [1.54, 1.807) is 0 Å². The third kappa shape index (κ3) is 7.84. The molecule has 18 heteroatoms. The summed E-state index contributed by atoms with van der Waals surface area (Å²) in [5.74, 6) is -4.71. The van der Waals surface area contributed by atoms with Gasteiger partial charge < -0.3 is 79.2 Å². The minimum Gasteiger partial charge on any atom is -0.508 e. The van der Waals surface area contributed by atoms with E-state index in [0.29, 0.717) is 5.56 Å². The van der Waals surface area contributed by atoms with E-state index < -0.39 is 120 Å². The maximum atomic E-state index is 14.0. The fourth-order valence-corrected chi connectivity index (χ4v) is 5.65. The maximum Gasteiger partial charge on any atom is 0.331 e. The normalized spacial score (nSPS) is 27.5. The van der Waals surface area contributed by atoms with E-state index in [1.807, 2.05) is 0 Å². The Morgan fingerprint density at radius 1 is 0.792 bits per heavy atom. The number of carbonyl (C=O) groups excluding carboxylic acids is 1. The van der Waals surface area contributed by atoms with Gasteiger partial charge in [0.15, 0.2) is 29.7 Å². The SMILES string of the molecule is O=C(/C=C/c1ccc(O)cc1)OC1[C@H](Oc2c(-c3ccc(O)c(O)c3)oc3cc(O)cc(O)c3c2=O)OC(CO[C@@H]2OCC(O)[C@H](O)C2O)[C@@H](O)[C@@H]1O. The molecule has 4 unspecified atom stereocenters. The number of ether oxygens (including phenoxy) is 5. The molecule has 282 valence electrons. The van der Waals surface area contributed by atoms with Gasteiger partial charge in [0.25, 0.3) is 0 Å². The second-order valence-electron chi connectivity index (χ2n) is 12.2. The Morgan fingerprint density at radius 3 is 2.25 bits per heavy atom. The molecule has 0 amide bonds. The highest BCUT2D eigenvalue weighted by atomic mass is 16.7. The molecule has 0 radical (unpaired) electrons. The summed E-state index contributed by atoms with van der Waals surface area (Å²) < 4.78 is 33.8. The zero-order valence-electron chi connectivity index (χ0n) is 27.2. The summed E-state index contributed by atoms with van der Waals surface area (Å²) in [7, 11) is 0.